The molecule has 0 amide bonds. The van der Waals surface area contributed by atoms with E-state index in [-0.39, 0.29) is 28.5 Å². The molecule has 1 heterocycles. The summed E-state index contributed by atoms with van der Waals surface area (Å²) in [5.74, 6) is 0.488. The van der Waals surface area contributed by atoms with Crippen molar-refractivity contribution in [2.45, 2.75) is 6.18 Å². The fraction of sp³-hybridized carbons (Fsp3) is 0.105. The fourth-order valence-corrected chi connectivity index (χ4v) is 2.67. The number of nitrogens with one attached hydrogen (secondary N) is 2. The highest BCUT2D eigenvalue weighted by Crippen LogP contribution is 2.32. The van der Waals surface area contributed by atoms with Crippen molar-refractivity contribution in [2.24, 2.45) is 4.99 Å². The van der Waals surface area contributed by atoms with Gasteiger partial charge in [-0.15, -0.1) is 0 Å². The smallest absolute Gasteiger partial charge is 0.416 e. The van der Waals surface area contributed by atoms with Crippen LogP contribution in [0.15, 0.2) is 47.5 Å². The molecule has 0 aliphatic heterocycles. The number of nitrogens with zero attached hydrogens (tertiary/aromatic N) is 3. The molecule has 2 aromatic carbocycles. The van der Waals surface area contributed by atoms with Crippen LogP contribution >= 0.6 is 11.6 Å². The second-order valence-electron chi connectivity index (χ2n) is 5.76. The normalized spacial score (nSPS) is 11.4. The number of hydrogen-bond acceptors (Lipinski definition) is 5. The summed E-state index contributed by atoms with van der Waals surface area (Å²) in [6, 6.07) is 11.8. The summed E-state index contributed by atoms with van der Waals surface area (Å²) in [5.41, 5.74) is -0.0379. The van der Waals surface area contributed by atoms with E-state index >= 15 is 0 Å². The van der Waals surface area contributed by atoms with E-state index in [1.165, 1.54) is 13.2 Å². The van der Waals surface area contributed by atoms with E-state index in [9.17, 15) is 18.4 Å². The van der Waals surface area contributed by atoms with Gasteiger partial charge < -0.3 is 10.1 Å². The van der Waals surface area contributed by atoms with Gasteiger partial charge in [-0.05, 0) is 36.4 Å². The Hall–Kier alpha value is -3.51. The Morgan fingerprint density at radius 1 is 1.28 bits per heavy atom. The maximum absolute atomic E-state index is 13.0. The number of hydrogen-bond donors (Lipinski definition) is 2. The molecule has 10 heteroatoms. The van der Waals surface area contributed by atoms with Crippen LogP contribution in [0.4, 0.5) is 30.5 Å². The van der Waals surface area contributed by atoms with Crippen molar-refractivity contribution in [1.29, 1.82) is 5.26 Å². The van der Waals surface area contributed by atoms with Gasteiger partial charge >= 0.3 is 6.18 Å². The second-order valence-corrected chi connectivity index (χ2v) is 6.19. The molecule has 0 saturated carbocycles. The molecule has 6 nitrogen and oxygen atoms in total. The second kappa shape index (κ2) is 8.24. The van der Waals surface area contributed by atoms with Crippen molar-refractivity contribution in [3.63, 3.8) is 0 Å². The number of rotatable bonds is 5. The van der Waals surface area contributed by atoms with Gasteiger partial charge in [-0.1, -0.05) is 17.7 Å². The van der Waals surface area contributed by atoms with Crippen LogP contribution in [0.25, 0.3) is 0 Å². The number of alkyl halides is 3. The topological polar surface area (TPSA) is 86.1 Å². The minimum atomic E-state index is -4.51. The molecule has 3 rings (SSSR count). The number of H-pyrrole nitrogens is 1. The van der Waals surface area contributed by atoms with Gasteiger partial charge in [0.05, 0.1) is 12.7 Å². The van der Waals surface area contributed by atoms with Crippen LogP contribution in [0.3, 0.4) is 0 Å². The first-order valence-corrected chi connectivity index (χ1v) is 8.50. The molecule has 29 heavy (non-hydrogen) atoms. The van der Waals surface area contributed by atoms with Crippen LogP contribution in [0.2, 0.25) is 5.02 Å². The largest absolute Gasteiger partial charge is 0.496 e. The first-order valence-electron chi connectivity index (χ1n) is 8.12. The molecule has 2 N–H and O–H groups in total. The predicted octanol–water partition coefficient (Wildman–Crippen LogP) is 5.46. The zero-order valence-electron chi connectivity index (χ0n) is 14.9. The van der Waals surface area contributed by atoms with E-state index in [4.69, 9.17) is 16.3 Å². The highest BCUT2D eigenvalue weighted by atomic mass is 35.5. The zero-order chi connectivity index (χ0) is 21.0. The van der Waals surface area contributed by atoms with E-state index in [1.54, 1.807) is 24.3 Å². The third-order valence-corrected chi connectivity index (χ3v) is 4.07. The first kappa shape index (κ1) is 20.2. The molecule has 0 spiro atoms. The predicted molar refractivity (Wildman–Crippen MR) is 103 cm³/mol. The number of aliphatic imine (C=N–C) groups is 1. The summed E-state index contributed by atoms with van der Waals surface area (Å²) in [6.07, 6.45) is -3.35. The Morgan fingerprint density at radius 2 is 2.07 bits per heavy atom. The lowest BCUT2D eigenvalue weighted by Gasteiger charge is -2.10. The van der Waals surface area contributed by atoms with Gasteiger partial charge in [0.1, 0.15) is 23.2 Å². The van der Waals surface area contributed by atoms with Crippen LogP contribution in [0.5, 0.6) is 5.75 Å². The van der Waals surface area contributed by atoms with Gasteiger partial charge in [0.15, 0.2) is 5.82 Å². The molecule has 1 aromatic heterocycles. The Balaban J connectivity index is 1.92. The Bertz CT molecular complexity index is 1100. The summed E-state index contributed by atoms with van der Waals surface area (Å²) < 4.78 is 44.0. The highest BCUT2D eigenvalue weighted by Gasteiger charge is 2.31. The average Bonchev–Trinajstić information content (AvgIpc) is 3.06. The molecule has 0 saturated heterocycles. The minimum absolute atomic E-state index is 0.0106. The molecular formula is C19H13ClF3N5O. The van der Waals surface area contributed by atoms with Gasteiger partial charge in [-0.3, -0.25) is 5.10 Å². The standard InChI is InChI=1S/C19H13ClF3N5O/c1-29-16-6-5-12(19(21,22)23)7-11(16)10-25-17-15(9-24)18(28-27-17)26-14-4-2-3-13(20)8-14/h2-8,10H,1H3,(H2,26,27,28). The van der Waals surface area contributed by atoms with Gasteiger partial charge in [0, 0.05) is 22.5 Å². The van der Waals surface area contributed by atoms with E-state index in [0.717, 1.165) is 18.3 Å². The average molecular weight is 420 g/mol. The van der Waals surface area contributed by atoms with E-state index in [1.807, 2.05) is 6.07 Å². The Kier molecular flexibility index (Phi) is 5.75. The van der Waals surface area contributed by atoms with E-state index < -0.39 is 11.7 Å². The van der Waals surface area contributed by atoms with Crippen LogP contribution < -0.4 is 10.1 Å². The van der Waals surface area contributed by atoms with Crippen LogP contribution in [-0.2, 0) is 6.18 Å². The van der Waals surface area contributed by atoms with Gasteiger partial charge in [0.25, 0.3) is 0 Å². The molecule has 148 valence electrons. The summed E-state index contributed by atoms with van der Waals surface area (Å²) in [5, 5.41) is 19.5. The summed E-state index contributed by atoms with van der Waals surface area (Å²) >= 11 is 5.93. The highest BCUT2D eigenvalue weighted by molar-refractivity contribution is 6.30. The number of anilines is 2. The summed E-state index contributed by atoms with van der Waals surface area (Å²) in [6.45, 7) is 0. The van der Waals surface area contributed by atoms with Crippen LogP contribution in [-0.4, -0.2) is 23.5 Å². The van der Waals surface area contributed by atoms with Gasteiger partial charge in [0.2, 0.25) is 0 Å². The molecule has 0 atom stereocenters. The lowest BCUT2D eigenvalue weighted by atomic mass is 10.1. The minimum Gasteiger partial charge on any atom is -0.496 e. The number of aromatic nitrogens is 2. The first-order chi connectivity index (χ1) is 13.8. The quantitative estimate of drug-likeness (QED) is 0.538. The molecule has 0 aliphatic carbocycles. The third kappa shape index (κ3) is 4.67. The number of methoxy groups -OCH3 is 1. The van der Waals surface area contributed by atoms with Crippen molar-refractivity contribution in [2.75, 3.05) is 12.4 Å². The van der Waals surface area contributed by atoms with Crippen molar-refractivity contribution in [1.82, 2.24) is 10.2 Å². The summed E-state index contributed by atoms with van der Waals surface area (Å²) in [7, 11) is 1.34. The maximum Gasteiger partial charge on any atom is 0.416 e. The lowest BCUT2D eigenvalue weighted by Crippen LogP contribution is -2.06. The number of aromatic amines is 1. The van der Waals surface area contributed by atoms with E-state index in [2.05, 4.69) is 20.5 Å². The van der Waals surface area contributed by atoms with Crippen LogP contribution in [0, 0.1) is 11.3 Å². The third-order valence-electron chi connectivity index (χ3n) is 3.84. The molecule has 0 bridgehead atoms. The Labute approximate surface area is 168 Å². The molecule has 0 fully saturated rings. The summed E-state index contributed by atoms with van der Waals surface area (Å²) in [4.78, 5) is 4.06. The maximum atomic E-state index is 13.0. The van der Waals surface area contributed by atoms with Crippen molar-refractivity contribution < 1.29 is 17.9 Å². The lowest BCUT2D eigenvalue weighted by molar-refractivity contribution is -0.137. The van der Waals surface area contributed by atoms with Gasteiger partial charge in [-0.25, -0.2) is 4.99 Å². The van der Waals surface area contributed by atoms with Crippen LogP contribution in [0.1, 0.15) is 16.7 Å². The SMILES string of the molecule is COc1ccc(C(F)(F)F)cc1C=Nc1n[nH]c(Nc2cccc(Cl)c2)c1C#N. The Morgan fingerprint density at radius 3 is 2.72 bits per heavy atom. The van der Waals surface area contributed by atoms with Gasteiger partial charge in [-0.2, -0.15) is 23.5 Å². The van der Waals surface area contributed by atoms with Crippen molar-refractivity contribution in [3.8, 4) is 11.8 Å². The number of nitriles is 1. The van der Waals surface area contributed by atoms with Crippen molar-refractivity contribution >= 4 is 35.1 Å². The monoisotopic (exact) mass is 419 g/mol. The number of halogens is 4. The molecule has 3 aromatic rings. The molecular weight excluding hydrogens is 407 g/mol. The number of benzene rings is 2. The zero-order valence-corrected chi connectivity index (χ0v) is 15.6. The van der Waals surface area contributed by atoms with E-state index in [0.29, 0.717) is 10.7 Å². The number of ether oxygens (including phenoxy) is 1. The molecule has 0 radical (unpaired) electrons. The molecule has 0 aliphatic rings. The molecule has 0 unspecified atom stereocenters. The van der Waals surface area contributed by atoms with Crippen molar-refractivity contribution in [3.05, 3.63) is 64.2 Å². The fourth-order valence-electron chi connectivity index (χ4n) is 2.48.